The zero-order valence-corrected chi connectivity index (χ0v) is 15.7. The van der Waals surface area contributed by atoms with Crippen LogP contribution in [-0.2, 0) is 4.79 Å². The first-order valence-electron chi connectivity index (χ1n) is 8.98. The number of methoxy groups -OCH3 is 1. The minimum absolute atomic E-state index is 0.0489. The van der Waals surface area contributed by atoms with Crippen molar-refractivity contribution in [2.45, 2.75) is 6.92 Å². The predicted octanol–water partition coefficient (Wildman–Crippen LogP) is 2.63. The van der Waals surface area contributed by atoms with Crippen LogP contribution in [0.5, 0.6) is 11.5 Å². The number of nitrogens with zero attached hydrogens (tertiary/aromatic N) is 2. The quantitative estimate of drug-likeness (QED) is 0.734. The Kier molecular flexibility index (Phi) is 5.96. The molecule has 1 aliphatic rings. The lowest BCUT2D eigenvalue weighted by Crippen LogP contribution is -2.50. The normalized spacial score (nSPS) is 14.0. The Morgan fingerprint density at radius 3 is 2.30 bits per heavy atom. The first-order chi connectivity index (χ1) is 13.1. The number of rotatable bonds is 6. The highest BCUT2D eigenvalue weighted by molar-refractivity contribution is 5.94. The number of ether oxygens (including phenoxy) is 2. The topological polar surface area (TPSA) is 59.1 Å². The van der Waals surface area contributed by atoms with Crippen LogP contribution in [0.4, 0.5) is 5.69 Å². The summed E-state index contributed by atoms with van der Waals surface area (Å²) in [6, 6.07) is 15.2. The Bertz CT molecular complexity index is 799. The number of ketones is 1. The van der Waals surface area contributed by atoms with Crippen LogP contribution in [0.15, 0.2) is 48.5 Å². The molecule has 0 aromatic heterocycles. The van der Waals surface area contributed by atoms with E-state index in [4.69, 9.17) is 9.47 Å². The van der Waals surface area contributed by atoms with E-state index in [1.807, 2.05) is 23.1 Å². The lowest BCUT2D eigenvalue weighted by atomic mass is 10.1. The van der Waals surface area contributed by atoms with Crippen LogP contribution in [0.1, 0.15) is 17.3 Å². The van der Waals surface area contributed by atoms with Crippen LogP contribution in [0.3, 0.4) is 0 Å². The molecule has 1 aliphatic heterocycles. The molecule has 0 saturated carbocycles. The smallest absolute Gasteiger partial charge is 0.260 e. The van der Waals surface area contributed by atoms with Crippen LogP contribution >= 0.6 is 0 Å². The van der Waals surface area contributed by atoms with Gasteiger partial charge in [-0.1, -0.05) is 18.2 Å². The van der Waals surface area contributed by atoms with E-state index in [-0.39, 0.29) is 18.3 Å². The van der Waals surface area contributed by atoms with Gasteiger partial charge in [0.1, 0.15) is 0 Å². The average molecular weight is 368 g/mol. The standard InChI is InChI=1S/C21H24N2O4/c1-16(24)17-8-9-19(20(14-17)26-2)27-15-21(25)23-12-10-22(11-13-23)18-6-4-3-5-7-18/h3-9,14H,10-13,15H2,1-2H3. The third-order valence-corrected chi connectivity index (χ3v) is 4.68. The van der Waals surface area contributed by atoms with Gasteiger partial charge in [-0.2, -0.15) is 0 Å². The minimum atomic E-state index is -0.0552. The lowest BCUT2D eigenvalue weighted by molar-refractivity contribution is -0.133. The van der Waals surface area contributed by atoms with Crippen molar-refractivity contribution in [2.75, 3.05) is 44.8 Å². The molecule has 2 aromatic rings. The Labute approximate surface area is 159 Å². The van der Waals surface area contributed by atoms with E-state index in [1.54, 1.807) is 18.2 Å². The second kappa shape index (κ2) is 8.58. The van der Waals surface area contributed by atoms with Gasteiger partial charge >= 0.3 is 0 Å². The summed E-state index contributed by atoms with van der Waals surface area (Å²) in [4.78, 5) is 28.0. The van der Waals surface area contributed by atoms with E-state index < -0.39 is 0 Å². The first kappa shape index (κ1) is 18.8. The van der Waals surface area contributed by atoms with Crippen LogP contribution in [0.25, 0.3) is 0 Å². The summed E-state index contributed by atoms with van der Waals surface area (Å²) in [6.45, 7) is 4.36. The fourth-order valence-electron chi connectivity index (χ4n) is 3.09. The third kappa shape index (κ3) is 4.58. The van der Waals surface area contributed by atoms with Gasteiger partial charge in [0.2, 0.25) is 0 Å². The molecule has 1 saturated heterocycles. The molecule has 27 heavy (non-hydrogen) atoms. The number of hydrogen-bond donors (Lipinski definition) is 0. The molecular formula is C21H24N2O4. The molecule has 0 N–H and O–H groups in total. The molecule has 3 rings (SSSR count). The average Bonchev–Trinajstić information content (AvgIpc) is 2.72. The number of amides is 1. The van der Waals surface area contributed by atoms with Crippen molar-refractivity contribution in [3.8, 4) is 11.5 Å². The zero-order valence-electron chi connectivity index (χ0n) is 15.7. The fraction of sp³-hybridized carbons (Fsp3) is 0.333. The number of para-hydroxylation sites is 1. The highest BCUT2D eigenvalue weighted by atomic mass is 16.5. The zero-order chi connectivity index (χ0) is 19.2. The highest BCUT2D eigenvalue weighted by Crippen LogP contribution is 2.28. The highest BCUT2D eigenvalue weighted by Gasteiger charge is 2.22. The van der Waals surface area contributed by atoms with Crippen LogP contribution in [-0.4, -0.2) is 56.5 Å². The van der Waals surface area contributed by atoms with Crippen molar-refractivity contribution in [3.63, 3.8) is 0 Å². The summed E-state index contributed by atoms with van der Waals surface area (Å²) in [6.07, 6.45) is 0. The van der Waals surface area contributed by atoms with Crippen LogP contribution in [0, 0.1) is 0 Å². The van der Waals surface area contributed by atoms with Crippen LogP contribution < -0.4 is 14.4 Å². The number of Topliss-reactive ketones (excluding diaryl/α,β-unsaturated/α-hetero) is 1. The van der Waals surface area contributed by atoms with Crippen molar-refractivity contribution in [1.82, 2.24) is 4.90 Å². The number of carbonyl (C=O) groups excluding carboxylic acids is 2. The van der Waals surface area contributed by atoms with Gasteiger partial charge in [0, 0.05) is 37.4 Å². The molecule has 6 nitrogen and oxygen atoms in total. The fourth-order valence-corrected chi connectivity index (χ4v) is 3.09. The van der Waals surface area contributed by atoms with Crippen molar-refractivity contribution in [1.29, 1.82) is 0 Å². The molecule has 6 heteroatoms. The maximum atomic E-state index is 12.5. The molecule has 1 fully saturated rings. The van der Waals surface area contributed by atoms with Gasteiger partial charge in [-0.3, -0.25) is 9.59 Å². The molecule has 0 aliphatic carbocycles. The van der Waals surface area contributed by atoms with Gasteiger partial charge in [-0.25, -0.2) is 0 Å². The molecule has 0 spiro atoms. The summed E-state index contributed by atoms with van der Waals surface area (Å²) in [7, 11) is 1.51. The van der Waals surface area contributed by atoms with Gasteiger partial charge in [-0.15, -0.1) is 0 Å². The second-order valence-corrected chi connectivity index (χ2v) is 6.41. The van der Waals surface area contributed by atoms with E-state index >= 15 is 0 Å². The van der Waals surface area contributed by atoms with E-state index in [1.165, 1.54) is 19.7 Å². The van der Waals surface area contributed by atoms with E-state index in [9.17, 15) is 9.59 Å². The molecule has 1 amide bonds. The lowest BCUT2D eigenvalue weighted by Gasteiger charge is -2.36. The summed E-state index contributed by atoms with van der Waals surface area (Å²) in [5.74, 6) is 0.802. The van der Waals surface area contributed by atoms with Gasteiger partial charge < -0.3 is 19.3 Å². The number of anilines is 1. The summed E-state index contributed by atoms with van der Waals surface area (Å²) in [5.41, 5.74) is 1.72. The molecule has 0 unspecified atom stereocenters. The van der Waals surface area contributed by atoms with Crippen molar-refractivity contribution < 1.29 is 19.1 Å². The first-order valence-corrected chi connectivity index (χ1v) is 8.98. The number of piperazine rings is 1. The Balaban J connectivity index is 1.54. The number of carbonyl (C=O) groups is 2. The third-order valence-electron chi connectivity index (χ3n) is 4.68. The van der Waals surface area contributed by atoms with Crippen molar-refractivity contribution >= 4 is 17.4 Å². The minimum Gasteiger partial charge on any atom is -0.493 e. The molecule has 0 atom stereocenters. The largest absolute Gasteiger partial charge is 0.493 e. The van der Waals surface area contributed by atoms with Gasteiger partial charge in [-0.05, 0) is 37.3 Å². The van der Waals surface area contributed by atoms with Crippen LogP contribution in [0.2, 0.25) is 0 Å². The molecule has 0 radical (unpaired) electrons. The maximum absolute atomic E-state index is 12.5. The summed E-state index contributed by atoms with van der Waals surface area (Å²) >= 11 is 0. The van der Waals surface area contributed by atoms with Crippen molar-refractivity contribution in [2.24, 2.45) is 0 Å². The monoisotopic (exact) mass is 368 g/mol. The molecule has 1 heterocycles. The van der Waals surface area contributed by atoms with Gasteiger partial charge in [0.15, 0.2) is 23.9 Å². The van der Waals surface area contributed by atoms with E-state index in [2.05, 4.69) is 17.0 Å². The Morgan fingerprint density at radius 1 is 0.963 bits per heavy atom. The molecule has 2 aromatic carbocycles. The second-order valence-electron chi connectivity index (χ2n) is 6.41. The number of benzene rings is 2. The Hall–Kier alpha value is -3.02. The SMILES string of the molecule is COc1cc(C(C)=O)ccc1OCC(=O)N1CCN(c2ccccc2)CC1. The van der Waals surface area contributed by atoms with Gasteiger partial charge in [0.05, 0.1) is 7.11 Å². The maximum Gasteiger partial charge on any atom is 0.260 e. The molecular weight excluding hydrogens is 344 g/mol. The number of hydrogen-bond acceptors (Lipinski definition) is 5. The molecule has 142 valence electrons. The summed E-state index contributed by atoms with van der Waals surface area (Å²) in [5, 5.41) is 0. The summed E-state index contributed by atoms with van der Waals surface area (Å²) < 4.78 is 10.9. The van der Waals surface area contributed by atoms with Crippen molar-refractivity contribution in [3.05, 3.63) is 54.1 Å². The molecule has 0 bridgehead atoms. The van der Waals surface area contributed by atoms with Gasteiger partial charge in [0.25, 0.3) is 5.91 Å². The van der Waals surface area contributed by atoms with E-state index in [0.717, 1.165) is 13.1 Å². The van der Waals surface area contributed by atoms with E-state index in [0.29, 0.717) is 30.2 Å². The predicted molar refractivity (Wildman–Crippen MR) is 104 cm³/mol. The Morgan fingerprint density at radius 2 is 1.67 bits per heavy atom.